The van der Waals surface area contributed by atoms with Crippen LogP contribution >= 0.6 is 0 Å². The quantitative estimate of drug-likeness (QED) is 0.195. The molecule has 0 bridgehead atoms. The molecule has 0 amide bonds. The number of terminal acetylenes is 1. The normalized spacial score (nSPS) is 13.3. The number of benzene rings is 1. The van der Waals surface area contributed by atoms with Crippen LogP contribution < -0.4 is 10.6 Å². The molecule has 1 saturated carbocycles. The minimum Gasteiger partial charge on any atom is -0.388 e. The summed E-state index contributed by atoms with van der Waals surface area (Å²) in [5, 5.41) is 8.16. The fraction of sp³-hybridized carbons (Fsp3) is 0.303. The van der Waals surface area contributed by atoms with Crippen LogP contribution in [0.25, 0.3) is 27.7 Å². The highest BCUT2D eigenvalue weighted by Gasteiger charge is 2.15. The summed E-state index contributed by atoms with van der Waals surface area (Å²) < 4.78 is 2.03. The molecular formula is C33H37N7. The van der Waals surface area contributed by atoms with Crippen LogP contribution in [0.4, 0.5) is 5.69 Å². The van der Waals surface area contributed by atoms with E-state index in [4.69, 9.17) is 0 Å². The summed E-state index contributed by atoms with van der Waals surface area (Å²) in [6.07, 6.45) is 25.9. The van der Waals surface area contributed by atoms with Gasteiger partial charge in [-0.2, -0.15) is 0 Å². The molecule has 1 aromatic carbocycles. The van der Waals surface area contributed by atoms with Gasteiger partial charge < -0.3 is 20.2 Å². The molecule has 0 radical (unpaired) electrons. The van der Waals surface area contributed by atoms with Gasteiger partial charge in [0.2, 0.25) is 0 Å². The van der Waals surface area contributed by atoms with E-state index in [0.717, 1.165) is 64.7 Å². The first-order chi connectivity index (χ1) is 19.7. The van der Waals surface area contributed by atoms with Gasteiger partial charge in [-0.25, -0.2) is 4.98 Å². The number of anilines is 1. The van der Waals surface area contributed by atoms with Crippen molar-refractivity contribution in [2.45, 2.75) is 45.6 Å². The largest absolute Gasteiger partial charge is 0.388 e. The molecule has 7 heteroatoms. The van der Waals surface area contributed by atoms with Gasteiger partial charge in [-0.1, -0.05) is 18.9 Å². The lowest BCUT2D eigenvalue weighted by Gasteiger charge is -2.13. The molecule has 0 aliphatic heterocycles. The first kappa shape index (κ1) is 27.2. The number of aryl methyl sites for hydroxylation is 1. The maximum Gasteiger partial charge on any atom is 0.0995 e. The highest BCUT2D eigenvalue weighted by atomic mass is 15.0. The zero-order valence-corrected chi connectivity index (χ0v) is 23.3. The summed E-state index contributed by atoms with van der Waals surface area (Å²) in [6, 6.07) is 11.1. The first-order valence-electron chi connectivity index (χ1n) is 13.9. The Morgan fingerprint density at radius 1 is 1.00 bits per heavy atom. The third-order valence-corrected chi connectivity index (χ3v) is 7.69. The SMILES string of the molecule is C#C.CNc1ccc(-c2cncc(CNCC3CCCC3)c2)cc1Cc1cc2c(-n3cnc(C)c3)cncc2[nH]1. The molecule has 1 fully saturated rings. The van der Waals surface area contributed by atoms with Crippen LogP contribution in [-0.2, 0) is 13.0 Å². The highest BCUT2D eigenvalue weighted by molar-refractivity contribution is 5.88. The molecule has 4 heterocycles. The second-order valence-corrected chi connectivity index (χ2v) is 10.5. The Balaban J connectivity index is 0.00000158. The van der Waals surface area contributed by atoms with Gasteiger partial charge in [0, 0.05) is 60.9 Å². The number of nitrogens with one attached hydrogen (secondary N) is 3. The van der Waals surface area contributed by atoms with E-state index in [1.54, 1.807) is 0 Å². The van der Waals surface area contributed by atoms with Crippen molar-refractivity contribution in [2.24, 2.45) is 5.92 Å². The van der Waals surface area contributed by atoms with Crippen LogP contribution in [0.2, 0.25) is 0 Å². The zero-order valence-electron chi connectivity index (χ0n) is 23.3. The zero-order chi connectivity index (χ0) is 27.9. The van der Waals surface area contributed by atoms with Crippen molar-refractivity contribution >= 4 is 16.6 Å². The molecule has 0 atom stereocenters. The van der Waals surface area contributed by atoms with Crippen LogP contribution in [0, 0.1) is 25.7 Å². The smallest absolute Gasteiger partial charge is 0.0995 e. The number of aromatic nitrogens is 5. The first-order valence-corrected chi connectivity index (χ1v) is 13.9. The molecule has 6 rings (SSSR count). The van der Waals surface area contributed by atoms with Gasteiger partial charge in [-0.15, -0.1) is 12.8 Å². The van der Waals surface area contributed by atoms with Crippen LogP contribution in [0.1, 0.15) is 48.2 Å². The van der Waals surface area contributed by atoms with Crippen molar-refractivity contribution in [3.05, 3.63) is 90.2 Å². The maximum atomic E-state index is 4.56. The number of imidazole rings is 1. The van der Waals surface area contributed by atoms with Gasteiger partial charge in [-0.05, 0) is 73.2 Å². The van der Waals surface area contributed by atoms with Crippen LogP contribution in [0.5, 0.6) is 0 Å². The van der Waals surface area contributed by atoms with Crippen LogP contribution in [0.3, 0.4) is 0 Å². The molecule has 0 saturated heterocycles. The summed E-state index contributed by atoms with van der Waals surface area (Å²) >= 11 is 0. The third-order valence-electron chi connectivity index (χ3n) is 7.69. The molecule has 0 spiro atoms. The Morgan fingerprint density at radius 3 is 2.60 bits per heavy atom. The molecule has 0 unspecified atom stereocenters. The van der Waals surface area contributed by atoms with E-state index in [2.05, 4.69) is 73.7 Å². The van der Waals surface area contributed by atoms with E-state index in [9.17, 15) is 0 Å². The lowest BCUT2D eigenvalue weighted by Crippen LogP contribution is -2.20. The van der Waals surface area contributed by atoms with Crippen molar-refractivity contribution < 1.29 is 0 Å². The average molecular weight is 532 g/mol. The van der Waals surface area contributed by atoms with E-state index >= 15 is 0 Å². The minimum atomic E-state index is 0.775. The minimum absolute atomic E-state index is 0.775. The van der Waals surface area contributed by atoms with Gasteiger partial charge in [-0.3, -0.25) is 9.97 Å². The molecule has 4 aromatic heterocycles. The van der Waals surface area contributed by atoms with Crippen molar-refractivity contribution in [1.82, 2.24) is 29.8 Å². The second-order valence-electron chi connectivity index (χ2n) is 10.5. The third kappa shape index (κ3) is 6.08. The van der Waals surface area contributed by atoms with E-state index in [1.165, 1.54) is 42.4 Å². The Labute approximate surface area is 236 Å². The fourth-order valence-corrected chi connectivity index (χ4v) is 5.69. The van der Waals surface area contributed by atoms with Gasteiger partial charge in [0.25, 0.3) is 0 Å². The maximum absolute atomic E-state index is 4.56. The summed E-state index contributed by atoms with van der Waals surface area (Å²) in [6.45, 7) is 3.96. The lowest BCUT2D eigenvalue weighted by atomic mass is 9.99. The fourth-order valence-electron chi connectivity index (χ4n) is 5.69. The van der Waals surface area contributed by atoms with Crippen molar-refractivity contribution in [3.8, 4) is 29.7 Å². The summed E-state index contributed by atoms with van der Waals surface area (Å²) in [5.74, 6) is 0.836. The Bertz CT molecular complexity index is 1590. The number of fused-ring (bicyclic) bond motifs is 1. The topological polar surface area (TPSA) is 83.4 Å². The number of aromatic amines is 1. The number of H-pyrrole nitrogens is 1. The van der Waals surface area contributed by atoms with E-state index in [0.29, 0.717) is 0 Å². The Kier molecular flexibility index (Phi) is 8.58. The van der Waals surface area contributed by atoms with Gasteiger partial charge >= 0.3 is 0 Å². The summed E-state index contributed by atoms with van der Waals surface area (Å²) in [5.41, 5.74) is 10.1. The van der Waals surface area contributed by atoms with E-state index in [-0.39, 0.29) is 0 Å². The van der Waals surface area contributed by atoms with Crippen molar-refractivity contribution in [1.29, 1.82) is 0 Å². The second kappa shape index (κ2) is 12.6. The van der Waals surface area contributed by atoms with Crippen LogP contribution in [-0.4, -0.2) is 38.1 Å². The molecule has 3 N–H and O–H groups in total. The molecular weight excluding hydrogens is 494 g/mol. The van der Waals surface area contributed by atoms with Crippen molar-refractivity contribution in [2.75, 3.05) is 18.9 Å². The van der Waals surface area contributed by atoms with Gasteiger partial charge in [0.15, 0.2) is 0 Å². The standard InChI is InChI=1S/C31H35N7.C2H2/c1-21-19-38(20-36-21)31-18-35-17-30-28(31)12-27(37-30)11-25-10-24(7-8-29(25)32-2)26-9-23(15-34-16-26)14-33-13-22-5-3-4-6-22;1-2/h7-10,12,15-20,22,32-33,37H,3-6,11,13-14H2,1-2H3;1-2H. The van der Waals surface area contributed by atoms with E-state index in [1.807, 2.05) is 55.9 Å². The number of rotatable bonds is 9. The molecule has 204 valence electrons. The average Bonchev–Trinajstić information content (AvgIpc) is 3.75. The molecule has 5 aromatic rings. The van der Waals surface area contributed by atoms with Gasteiger partial charge in [0.1, 0.15) is 0 Å². The van der Waals surface area contributed by atoms with Crippen molar-refractivity contribution in [3.63, 3.8) is 0 Å². The molecule has 7 nitrogen and oxygen atoms in total. The van der Waals surface area contributed by atoms with Crippen LogP contribution in [0.15, 0.2) is 67.6 Å². The van der Waals surface area contributed by atoms with E-state index < -0.39 is 0 Å². The van der Waals surface area contributed by atoms with Gasteiger partial charge in [0.05, 0.1) is 35.6 Å². The Morgan fingerprint density at radius 2 is 1.82 bits per heavy atom. The Hall–Kier alpha value is -4.41. The number of nitrogens with zero attached hydrogens (tertiary/aromatic N) is 4. The molecule has 1 aliphatic carbocycles. The highest BCUT2D eigenvalue weighted by Crippen LogP contribution is 2.29. The predicted molar refractivity (Wildman–Crippen MR) is 164 cm³/mol. The summed E-state index contributed by atoms with van der Waals surface area (Å²) in [4.78, 5) is 17.0. The number of hydrogen-bond donors (Lipinski definition) is 3. The predicted octanol–water partition coefficient (Wildman–Crippen LogP) is 6.28. The monoisotopic (exact) mass is 531 g/mol. The molecule has 40 heavy (non-hydrogen) atoms. The number of pyridine rings is 2. The summed E-state index contributed by atoms with van der Waals surface area (Å²) in [7, 11) is 1.98. The lowest BCUT2D eigenvalue weighted by molar-refractivity contribution is 0.489. The number of hydrogen-bond acceptors (Lipinski definition) is 5. The molecule has 1 aliphatic rings.